The zero-order chi connectivity index (χ0) is 22.2. The number of hydrogen-bond donors (Lipinski definition) is 1. The topological polar surface area (TPSA) is 58.6 Å². The number of halogens is 1. The highest BCUT2D eigenvalue weighted by Crippen LogP contribution is 2.48. The Morgan fingerprint density at radius 1 is 1.03 bits per heavy atom. The molecule has 1 aliphatic heterocycles. The highest BCUT2D eigenvalue weighted by atomic mass is 19.1. The molecule has 1 N–H and O–H groups in total. The largest absolute Gasteiger partial charge is 0.497 e. The predicted octanol–water partition coefficient (Wildman–Crippen LogP) is 4.92. The number of carbonyl (C=O) groups excluding carboxylic acids is 2. The van der Waals surface area contributed by atoms with Crippen molar-refractivity contribution in [1.29, 1.82) is 0 Å². The van der Waals surface area contributed by atoms with Crippen molar-refractivity contribution in [3.8, 4) is 5.75 Å². The van der Waals surface area contributed by atoms with Crippen molar-refractivity contribution in [2.75, 3.05) is 12.4 Å². The Hall–Kier alpha value is -3.67. The highest BCUT2D eigenvalue weighted by molar-refractivity contribution is 6.04. The van der Waals surface area contributed by atoms with Gasteiger partial charge in [-0.2, -0.15) is 0 Å². The minimum absolute atomic E-state index is 0.0539. The molecule has 1 heterocycles. The van der Waals surface area contributed by atoms with Gasteiger partial charge in [0.2, 0.25) is 5.91 Å². The van der Waals surface area contributed by atoms with E-state index < -0.39 is 12.0 Å². The standard InChI is InChI=1S/C26H23FN2O3/c1-32-20-6-4-5-16(15-20)24-23(25(30)28-18-11-9-17(27)10-12-18)21-7-2-3-8-22(21)26(31)29(24)19-13-14-19/h2-12,15,19,23-24H,13-14H2,1H3,(H,28,30)/t23-,24-/m0/s1. The summed E-state index contributed by atoms with van der Waals surface area (Å²) in [5.41, 5.74) is 2.60. The second-order valence-electron chi connectivity index (χ2n) is 8.23. The Morgan fingerprint density at radius 3 is 2.50 bits per heavy atom. The van der Waals surface area contributed by atoms with Gasteiger partial charge in [0.05, 0.1) is 19.1 Å². The lowest BCUT2D eigenvalue weighted by molar-refractivity contribution is -0.119. The van der Waals surface area contributed by atoms with Crippen LogP contribution >= 0.6 is 0 Å². The van der Waals surface area contributed by atoms with Gasteiger partial charge in [0.15, 0.2) is 0 Å². The molecular weight excluding hydrogens is 407 g/mol. The van der Waals surface area contributed by atoms with Crippen molar-refractivity contribution in [3.05, 3.63) is 95.3 Å². The zero-order valence-corrected chi connectivity index (χ0v) is 17.6. The van der Waals surface area contributed by atoms with Crippen LogP contribution in [0.1, 0.15) is 46.3 Å². The maximum atomic E-state index is 13.7. The predicted molar refractivity (Wildman–Crippen MR) is 119 cm³/mol. The van der Waals surface area contributed by atoms with Crippen LogP contribution in [0.2, 0.25) is 0 Å². The lowest BCUT2D eigenvalue weighted by Crippen LogP contribution is -2.47. The number of methoxy groups -OCH3 is 1. The molecule has 6 heteroatoms. The third-order valence-corrected chi connectivity index (χ3v) is 6.15. The van der Waals surface area contributed by atoms with E-state index in [9.17, 15) is 14.0 Å². The Morgan fingerprint density at radius 2 is 1.78 bits per heavy atom. The Labute approximate surface area is 185 Å². The van der Waals surface area contributed by atoms with Gasteiger partial charge in [-0.3, -0.25) is 9.59 Å². The molecule has 1 saturated carbocycles. The average molecular weight is 430 g/mol. The summed E-state index contributed by atoms with van der Waals surface area (Å²) in [5, 5.41) is 2.93. The van der Waals surface area contributed by atoms with Crippen LogP contribution < -0.4 is 10.1 Å². The summed E-state index contributed by atoms with van der Waals surface area (Å²) in [6.45, 7) is 0. The fraction of sp³-hybridized carbons (Fsp3) is 0.231. The van der Waals surface area contributed by atoms with Gasteiger partial charge in [-0.15, -0.1) is 0 Å². The maximum absolute atomic E-state index is 13.7. The number of benzene rings is 3. The summed E-state index contributed by atoms with van der Waals surface area (Å²) in [5.74, 6) is -0.619. The van der Waals surface area contributed by atoms with E-state index in [0.29, 0.717) is 22.6 Å². The number of nitrogens with zero attached hydrogens (tertiary/aromatic N) is 1. The molecule has 0 radical (unpaired) electrons. The van der Waals surface area contributed by atoms with Gasteiger partial charge >= 0.3 is 0 Å². The van der Waals surface area contributed by atoms with Crippen molar-refractivity contribution >= 4 is 17.5 Å². The van der Waals surface area contributed by atoms with Crippen molar-refractivity contribution in [2.24, 2.45) is 0 Å². The number of nitrogens with one attached hydrogen (secondary N) is 1. The normalized spacial score (nSPS) is 19.9. The Balaban J connectivity index is 1.63. The highest BCUT2D eigenvalue weighted by Gasteiger charge is 2.49. The van der Waals surface area contributed by atoms with Crippen molar-refractivity contribution in [1.82, 2.24) is 4.90 Å². The lowest BCUT2D eigenvalue weighted by atomic mass is 9.79. The molecule has 0 unspecified atom stereocenters. The third-order valence-electron chi connectivity index (χ3n) is 6.15. The quantitative estimate of drug-likeness (QED) is 0.625. The van der Waals surface area contributed by atoms with Gasteiger partial charge in [-0.05, 0) is 66.4 Å². The molecule has 0 spiro atoms. The summed E-state index contributed by atoms with van der Waals surface area (Å²) in [4.78, 5) is 29.1. The molecule has 3 aromatic carbocycles. The second kappa shape index (κ2) is 8.11. The molecule has 1 aliphatic carbocycles. The van der Waals surface area contributed by atoms with Crippen LogP contribution in [0.4, 0.5) is 10.1 Å². The minimum atomic E-state index is -0.623. The number of carbonyl (C=O) groups is 2. The summed E-state index contributed by atoms with van der Waals surface area (Å²) < 4.78 is 18.8. The Bertz CT molecular complexity index is 1170. The fourth-order valence-electron chi connectivity index (χ4n) is 4.52. The number of hydrogen-bond acceptors (Lipinski definition) is 3. The first-order valence-corrected chi connectivity index (χ1v) is 10.7. The van der Waals surface area contributed by atoms with Crippen LogP contribution in [0.25, 0.3) is 0 Å². The van der Waals surface area contributed by atoms with Crippen molar-refractivity contribution in [2.45, 2.75) is 30.8 Å². The third kappa shape index (κ3) is 3.62. The molecule has 2 amide bonds. The van der Waals surface area contributed by atoms with E-state index in [4.69, 9.17) is 4.74 Å². The zero-order valence-electron chi connectivity index (χ0n) is 17.6. The summed E-state index contributed by atoms with van der Waals surface area (Å²) in [7, 11) is 1.60. The lowest BCUT2D eigenvalue weighted by Gasteiger charge is -2.42. The van der Waals surface area contributed by atoms with Gasteiger partial charge in [0.25, 0.3) is 5.91 Å². The maximum Gasteiger partial charge on any atom is 0.254 e. The van der Waals surface area contributed by atoms with Gasteiger partial charge < -0.3 is 15.0 Å². The number of amides is 2. The van der Waals surface area contributed by atoms with Crippen LogP contribution in [0.3, 0.4) is 0 Å². The summed E-state index contributed by atoms with van der Waals surface area (Å²) in [6.07, 6.45) is 1.83. The van der Waals surface area contributed by atoms with Crippen molar-refractivity contribution < 1.29 is 18.7 Å². The molecule has 2 atom stereocenters. The first kappa shape index (κ1) is 20.2. The fourth-order valence-corrected chi connectivity index (χ4v) is 4.52. The van der Waals surface area contributed by atoms with Gasteiger partial charge in [0.1, 0.15) is 11.6 Å². The monoisotopic (exact) mass is 430 g/mol. The van der Waals surface area contributed by atoms with E-state index in [-0.39, 0.29) is 23.7 Å². The molecule has 1 fully saturated rings. The van der Waals surface area contributed by atoms with Crippen LogP contribution in [0.15, 0.2) is 72.8 Å². The summed E-state index contributed by atoms with van der Waals surface area (Å²) in [6, 6.07) is 20.2. The molecular formula is C26H23FN2O3. The molecule has 2 aliphatic rings. The summed E-state index contributed by atoms with van der Waals surface area (Å²) >= 11 is 0. The van der Waals surface area contributed by atoms with Crippen LogP contribution in [-0.2, 0) is 4.79 Å². The molecule has 5 rings (SSSR count). The average Bonchev–Trinajstić information content (AvgIpc) is 3.65. The first-order valence-electron chi connectivity index (χ1n) is 10.7. The first-order chi connectivity index (χ1) is 15.6. The van der Waals surface area contributed by atoms with E-state index in [1.807, 2.05) is 47.4 Å². The number of fused-ring (bicyclic) bond motifs is 1. The molecule has 0 bridgehead atoms. The van der Waals surface area contributed by atoms with E-state index in [1.54, 1.807) is 13.2 Å². The molecule has 0 saturated heterocycles. The molecule has 3 aromatic rings. The van der Waals surface area contributed by atoms with Crippen LogP contribution in [0.5, 0.6) is 5.75 Å². The molecule has 5 nitrogen and oxygen atoms in total. The van der Waals surface area contributed by atoms with Gasteiger partial charge in [0, 0.05) is 17.3 Å². The van der Waals surface area contributed by atoms with Gasteiger partial charge in [-0.25, -0.2) is 4.39 Å². The number of ether oxygens (including phenoxy) is 1. The van der Waals surface area contributed by atoms with Crippen molar-refractivity contribution in [3.63, 3.8) is 0 Å². The molecule has 162 valence electrons. The molecule has 0 aromatic heterocycles. The number of rotatable bonds is 5. The van der Waals surface area contributed by atoms with Gasteiger partial charge in [-0.1, -0.05) is 30.3 Å². The van der Waals surface area contributed by atoms with E-state index in [0.717, 1.165) is 18.4 Å². The molecule has 32 heavy (non-hydrogen) atoms. The second-order valence-corrected chi connectivity index (χ2v) is 8.23. The SMILES string of the molecule is COc1cccc([C@H]2[C@@H](C(=O)Nc3ccc(F)cc3)c3ccccc3C(=O)N2C2CC2)c1. The number of anilines is 1. The Kier molecular flexibility index (Phi) is 5.13. The smallest absolute Gasteiger partial charge is 0.254 e. The van der Waals surface area contributed by atoms with E-state index in [2.05, 4.69) is 5.32 Å². The minimum Gasteiger partial charge on any atom is -0.497 e. The van der Waals surface area contributed by atoms with Crippen LogP contribution in [-0.4, -0.2) is 29.9 Å². The van der Waals surface area contributed by atoms with Crippen LogP contribution in [0, 0.1) is 5.82 Å². The van der Waals surface area contributed by atoms with E-state index >= 15 is 0 Å². The van der Waals surface area contributed by atoms with E-state index in [1.165, 1.54) is 24.3 Å².